The minimum Gasteiger partial charge on any atom is -0.368 e. The number of carbonyl (C=O) groups is 1. The molecule has 2 aromatic rings. The van der Waals surface area contributed by atoms with Crippen molar-refractivity contribution in [2.24, 2.45) is 0 Å². The van der Waals surface area contributed by atoms with E-state index >= 15 is 0 Å². The van der Waals surface area contributed by atoms with E-state index in [2.05, 4.69) is 41.8 Å². The lowest BCUT2D eigenvalue weighted by Gasteiger charge is -2.18. The lowest BCUT2D eigenvalue weighted by molar-refractivity contribution is -0.130. The molecule has 0 saturated carbocycles. The summed E-state index contributed by atoms with van der Waals surface area (Å²) in [6, 6.07) is 2.19. The molecule has 1 atom stereocenters. The summed E-state index contributed by atoms with van der Waals surface area (Å²) in [7, 11) is 0. The number of thiophene rings is 1. The minimum absolute atomic E-state index is 0.0000400. The standard InChI is InChI=1S/C18H25N5O2S/c24-18(15-2-1-10-25-15)19-6-3-16-20-21-17-4-7-22(8-9-23(16)17)12-14-5-11-26-13-14/h5,11,13,15H,1-4,6-10,12H2,(H,19,24). The van der Waals surface area contributed by atoms with Crippen LogP contribution in [0.25, 0.3) is 0 Å². The van der Waals surface area contributed by atoms with E-state index in [1.165, 1.54) is 5.56 Å². The summed E-state index contributed by atoms with van der Waals surface area (Å²) in [5, 5.41) is 16.0. The molecule has 2 aliphatic heterocycles. The van der Waals surface area contributed by atoms with Gasteiger partial charge in [-0.3, -0.25) is 9.69 Å². The Balaban J connectivity index is 1.29. The Hall–Kier alpha value is -1.77. The number of hydrogen-bond acceptors (Lipinski definition) is 6. The third-order valence-electron chi connectivity index (χ3n) is 5.05. The van der Waals surface area contributed by atoms with Crippen LogP contribution in [-0.2, 0) is 35.5 Å². The Kier molecular flexibility index (Phi) is 5.62. The normalized spacial score (nSPS) is 20.7. The van der Waals surface area contributed by atoms with Crippen LogP contribution in [0.15, 0.2) is 16.8 Å². The molecule has 1 unspecified atom stereocenters. The van der Waals surface area contributed by atoms with Crippen LogP contribution >= 0.6 is 11.3 Å². The molecule has 26 heavy (non-hydrogen) atoms. The highest BCUT2D eigenvalue weighted by Gasteiger charge is 2.23. The number of carbonyl (C=O) groups excluding carboxylic acids is 1. The predicted molar refractivity (Wildman–Crippen MR) is 99.0 cm³/mol. The van der Waals surface area contributed by atoms with E-state index in [0.717, 1.165) is 57.1 Å². The van der Waals surface area contributed by atoms with Crippen molar-refractivity contribution in [1.82, 2.24) is 25.0 Å². The van der Waals surface area contributed by atoms with Gasteiger partial charge >= 0.3 is 0 Å². The lowest BCUT2D eigenvalue weighted by atomic mass is 10.2. The number of nitrogens with one attached hydrogen (secondary N) is 1. The van der Waals surface area contributed by atoms with Crippen LogP contribution in [0, 0.1) is 0 Å². The molecular formula is C18H25N5O2S. The zero-order valence-corrected chi connectivity index (χ0v) is 15.7. The highest BCUT2D eigenvalue weighted by Crippen LogP contribution is 2.15. The molecule has 4 heterocycles. The molecular weight excluding hydrogens is 350 g/mol. The zero-order valence-electron chi connectivity index (χ0n) is 14.9. The van der Waals surface area contributed by atoms with E-state index in [0.29, 0.717) is 19.6 Å². The SMILES string of the molecule is O=C(NCCc1nnc2n1CCN(Cc1ccsc1)CC2)C1CCCO1. The van der Waals surface area contributed by atoms with E-state index in [1.807, 2.05) is 0 Å². The number of ether oxygens (including phenoxy) is 1. The molecule has 140 valence electrons. The van der Waals surface area contributed by atoms with Gasteiger partial charge in [0.2, 0.25) is 5.91 Å². The van der Waals surface area contributed by atoms with Gasteiger partial charge in [0.05, 0.1) is 0 Å². The minimum atomic E-state index is -0.267. The average Bonchev–Trinajstić information content (AvgIpc) is 3.38. The largest absolute Gasteiger partial charge is 0.368 e. The van der Waals surface area contributed by atoms with Crippen LogP contribution in [0.2, 0.25) is 0 Å². The second-order valence-corrected chi connectivity index (χ2v) is 7.66. The summed E-state index contributed by atoms with van der Waals surface area (Å²) in [4.78, 5) is 14.5. The molecule has 1 N–H and O–H groups in total. The van der Waals surface area contributed by atoms with Crippen molar-refractivity contribution >= 4 is 17.2 Å². The van der Waals surface area contributed by atoms with Gasteiger partial charge in [0.25, 0.3) is 0 Å². The molecule has 2 aromatic heterocycles. The van der Waals surface area contributed by atoms with Gasteiger partial charge in [-0.15, -0.1) is 10.2 Å². The topological polar surface area (TPSA) is 72.3 Å². The molecule has 0 aromatic carbocycles. The molecule has 1 saturated heterocycles. The first kappa shape index (κ1) is 17.6. The second kappa shape index (κ2) is 8.28. The number of hydrogen-bond donors (Lipinski definition) is 1. The number of rotatable bonds is 6. The number of aromatic nitrogens is 3. The Labute approximate surface area is 157 Å². The molecule has 2 aliphatic rings. The second-order valence-electron chi connectivity index (χ2n) is 6.88. The molecule has 7 nitrogen and oxygen atoms in total. The Morgan fingerprint density at radius 1 is 1.35 bits per heavy atom. The maximum atomic E-state index is 12.0. The molecule has 1 amide bonds. The molecule has 8 heteroatoms. The van der Waals surface area contributed by atoms with Crippen molar-refractivity contribution < 1.29 is 9.53 Å². The number of fused-ring (bicyclic) bond motifs is 1. The van der Waals surface area contributed by atoms with Crippen LogP contribution in [0.4, 0.5) is 0 Å². The number of nitrogens with zero attached hydrogens (tertiary/aromatic N) is 4. The van der Waals surface area contributed by atoms with Crippen LogP contribution in [-0.4, -0.2) is 57.9 Å². The molecule has 0 radical (unpaired) electrons. The smallest absolute Gasteiger partial charge is 0.249 e. The fourth-order valence-corrected chi connectivity index (χ4v) is 4.27. The van der Waals surface area contributed by atoms with Crippen LogP contribution in [0.1, 0.15) is 30.1 Å². The quantitative estimate of drug-likeness (QED) is 0.822. The van der Waals surface area contributed by atoms with Crippen molar-refractivity contribution in [2.75, 3.05) is 26.2 Å². The molecule has 0 spiro atoms. The maximum absolute atomic E-state index is 12.0. The molecule has 0 aliphatic carbocycles. The molecule has 1 fully saturated rings. The van der Waals surface area contributed by atoms with Crippen molar-refractivity contribution in [1.29, 1.82) is 0 Å². The lowest BCUT2D eigenvalue weighted by Crippen LogP contribution is -2.35. The number of amides is 1. The van der Waals surface area contributed by atoms with Gasteiger partial charge in [0.15, 0.2) is 0 Å². The van der Waals surface area contributed by atoms with Crippen molar-refractivity contribution in [3.05, 3.63) is 34.0 Å². The van der Waals surface area contributed by atoms with Gasteiger partial charge in [-0.2, -0.15) is 11.3 Å². The summed E-state index contributed by atoms with van der Waals surface area (Å²) in [5.74, 6) is 2.02. The summed E-state index contributed by atoms with van der Waals surface area (Å²) >= 11 is 1.75. The molecule has 4 rings (SSSR count). The third kappa shape index (κ3) is 4.13. The maximum Gasteiger partial charge on any atom is 0.249 e. The predicted octanol–water partition coefficient (Wildman–Crippen LogP) is 1.24. The van der Waals surface area contributed by atoms with Gasteiger partial charge in [-0.25, -0.2) is 0 Å². The van der Waals surface area contributed by atoms with Crippen molar-refractivity contribution in [3.8, 4) is 0 Å². The van der Waals surface area contributed by atoms with Gasteiger partial charge < -0.3 is 14.6 Å². The fourth-order valence-electron chi connectivity index (χ4n) is 3.61. The average molecular weight is 375 g/mol. The summed E-state index contributed by atoms with van der Waals surface area (Å²) < 4.78 is 7.64. The van der Waals surface area contributed by atoms with Crippen LogP contribution in [0.5, 0.6) is 0 Å². The van der Waals surface area contributed by atoms with Gasteiger partial charge in [0.1, 0.15) is 17.8 Å². The molecule has 0 bridgehead atoms. The van der Waals surface area contributed by atoms with Crippen LogP contribution in [0.3, 0.4) is 0 Å². The Morgan fingerprint density at radius 3 is 3.12 bits per heavy atom. The van der Waals surface area contributed by atoms with Crippen molar-refractivity contribution in [3.63, 3.8) is 0 Å². The highest BCUT2D eigenvalue weighted by atomic mass is 32.1. The van der Waals surface area contributed by atoms with Gasteiger partial charge in [-0.05, 0) is 35.2 Å². The Morgan fingerprint density at radius 2 is 2.31 bits per heavy atom. The summed E-state index contributed by atoms with van der Waals surface area (Å²) in [6.07, 6.45) is 3.15. The first-order chi connectivity index (χ1) is 12.8. The van der Waals surface area contributed by atoms with E-state index in [9.17, 15) is 4.79 Å². The first-order valence-corrected chi connectivity index (χ1v) is 10.3. The summed E-state index contributed by atoms with van der Waals surface area (Å²) in [5.41, 5.74) is 1.38. The van der Waals surface area contributed by atoms with E-state index in [4.69, 9.17) is 4.74 Å². The van der Waals surface area contributed by atoms with E-state index in [1.54, 1.807) is 11.3 Å². The first-order valence-electron chi connectivity index (χ1n) is 9.33. The fraction of sp³-hybridized carbons (Fsp3) is 0.611. The van der Waals surface area contributed by atoms with E-state index < -0.39 is 0 Å². The third-order valence-corrected chi connectivity index (χ3v) is 5.78. The van der Waals surface area contributed by atoms with Gasteiger partial charge in [-0.1, -0.05) is 0 Å². The monoisotopic (exact) mass is 375 g/mol. The highest BCUT2D eigenvalue weighted by molar-refractivity contribution is 7.07. The van der Waals surface area contributed by atoms with Crippen molar-refractivity contribution in [2.45, 2.75) is 44.9 Å². The zero-order chi connectivity index (χ0) is 17.8. The van der Waals surface area contributed by atoms with Crippen LogP contribution < -0.4 is 5.32 Å². The Bertz CT molecular complexity index is 724. The van der Waals surface area contributed by atoms with E-state index in [-0.39, 0.29) is 12.0 Å². The van der Waals surface area contributed by atoms with Gasteiger partial charge in [0, 0.05) is 52.2 Å². The summed E-state index contributed by atoms with van der Waals surface area (Å²) in [6.45, 7) is 5.17.